The molecular formula is C12H19N3O3. The van der Waals surface area contributed by atoms with E-state index in [1.165, 1.54) is 6.20 Å². The normalized spacial score (nSPS) is 11.6. The second-order valence-electron chi connectivity index (χ2n) is 5.10. The Labute approximate surface area is 106 Å². The fourth-order valence-electron chi connectivity index (χ4n) is 1.60. The third kappa shape index (κ3) is 3.75. The van der Waals surface area contributed by atoms with Gasteiger partial charge in [-0.15, -0.1) is 0 Å². The van der Waals surface area contributed by atoms with Gasteiger partial charge in [-0.3, -0.25) is 15.1 Å². The van der Waals surface area contributed by atoms with Gasteiger partial charge < -0.3 is 10.5 Å². The van der Waals surface area contributed by atoms with Crippen molar-refractivity contribution in [3.8, 4) is 0 Å². The highest BCUT2D eigenvalue weighted by molar-refractivity contribution is 5.47. The highest BCUT2D eigenvalue weighted by atomic mass is 16.6. The van der Waals surface area contributed by atoms with Gasteiger partial charge in [0.05, 0.1) is 29.4 Å². The number of aromatic nitrogens is 1. The maximum atomic E-state index is 10.9. The van der Waals surface area contributed by atoms with E-state index in [4.69, 9.17) is 10.5 Å². The minimum absolute atomic E-state index is 0.107. The number of pyridine rings is 1. The van der Waals surface area contributed by atoms with Crippen LogP contribution in [-0.2, 0) is 11.3 Å². The van der Waals surface area contributed by atoms with Crippen LogP contribution >= 0.6 is 0 Å². The summed E-state index contributed by atoms with van der Waals surface area (Å²) in [5, 5.41) is 10.9. The topological polar surface area (TPSA) is 91.3 Å². The van der Waals surface area contributed by atoms with E-state index in [1.807, 2.05) is 13.8 Å². The number of ether oxygens (including phenoxy) is 1. The molecule has 0 aliphatic rings. The lowest BCUT2D eigenvalue weighted by atomic mass is 10.1. The van der Waals surface area contributed by atoms with Crippen LogP contribution in [0, 0.1) is 24.0 Å². The molecule has 0 atom stereocenters. The Bertz CT molecular complexity index is 453. The molecule has 0 amide bonds. The van der Waals surface area contributed by atoms with Crippen molar-refractivity contribution in [1.82, 2.24) is 4.98 Å². The van der Waals surface area contributed by atoms with Crippen molar-refractivity contribution in [2.24, 2.45) is 5.73 Å². The summed E-state index contributed by atoms with van der Waals surface area (Å²) in [5.41, 5.74) is 7.15. The van der Waals surface area contributed by atoms with Gasteiger partial charge in [-0.05, 0) is 27.7 Å². The molecule has 0 aliphatic heterocycles. The number of nitrogens with zero attached hydrogens (tertiary/aromatic N) is 2. The third-order valence-electron chi connectivity index (χ3n) is 2.47. The summed E-state index contributed by atoms with van der Waals surface area (Å²) >= 11 is 0. The number of aryl methyl sites for hydroxylation is 1. The Morgan fingerprint density at radius 3 is 2.61 bits per heavy atom. The lowest BCUT2D eigenvalue weighted by Crippen LogP contribution is -2.37. The molecule has 0 aliphatic carbocycles. The average molecular weight is 253 g/mol. The molecule has 1 aromatic rings. The van der Waals surface area contributed by atoms with Crippen LogP contribution in [0.3, 0.4) is 0 Å². The standard InChI is InChI=1S/C12H19N3O3/c1-8-5-14-10(6-18-7-12(3,4)13)9(2)11(8)15(16)17/h5H,6-7,13H2,1-4H3. The van der Waals surface area contributed by atoms with Crippen LogP contribution < -0.4 is 5.73 Å². The van der Waals surface area contributed by atoms with Gasteiger partial charge in [0.15, 0.2) is 0 Å². The Morgan fingerprint density at radius 2 is 2.11 bits per heavy atom. The Morgan fingerprint density at radius 1 is 1.50 bits per heavy atom. The van der Waals surface area contributed by atoms with Gasteiger partial charge in [0.2, 0.25) is 0 Å². The first kappa shape index (κ1) is 14.5. The minimum Gasteiger partial charge on any atom is -0.373 e. The van der Waals surface area contributed by atoms with E-state index in [0.29, 0.717) is 23.4 Å². The van der Waals surface area contributed by atoms with E-state index in [1.54, 1.807) is 13.8 Å². The molecule has 6 nitrogen and oxygen atoms in total. The van der Waals surface area contributed by atoms with Gasteiger partial charge >= 0.3 is 0 Å². The highest BCUT2D eigenvalue weighted by Gasteiger charge is 2.19. The van der Waals surface area contributed by atoms with Crippen molar-refractivity contribution < 1.29 is 9.66 Å². The van der Waals surface area contributed by atoms with Gasteiger partial charge in [-0.25, -0.2) is 0 Å². The van der Waals surface area contributed by atoms with Crippen molar-refractivity contribution >= 4 is 5.69 Å². The van der Waals surface area contributed by atoms with E-state index in [0.717, 1.165) is 0 Å². The molecule has 1 aromatic heterocycles. The fourth-order valence-corrected chi connectivity index (χ4v) is 1.60. The minimum atomic E-state index is -0.426. The Balaban J connectivity index is 2.85. The van der Waals surface area contributed by atoms with Crippen LogP contribution in [0.25, 0.3) is 0 Å². The predicted octanol–water partition coefficient (Wildman–Crippen LogP) is 1.86. The molecule has 0 spiro atoms. The Hall–Kier alpha value is -1.53. The van der Waals surface area contributed by atoms with Crippen LogP contribution in [-0.4, -0.2) is 22.1 Å². The smallest absolute Gasteiger partial charge is 0.278 e. The molecule has 100 valence electrons. The van der Waals surface area contributed by atoms with Crippen LogP contribution in [0.5, 0.6) is 0 Å². The average Bonchev–Trinajstić information content (AvgIpc) is 2.19. The van der Waals surface area contributed by atoms with Gasteiger partial charge in [-0.2, -0.15) is 0 Å². The van der Waals surface area contributed by atoms with Crippen LogP contribution in [0.2, 0.25) is 0 Å². The molecule has 1 heterocycles. The van der Waals surface area contributed by atoms with Crippen molar-refractivity contribution in [2.75, 3.05) is 6.61 Å². The molecule has 18 heavy (non-hydrogen) atoms. The van der Waals surface area contributed by atoms with Crippen molar-refractivity contribution in [3.05, 3.63) is 33.1 Å². The first-order valence-corrected chi connectivity index (χ1v) is 5.68. The zero-order valence-electron chi connectivity index (χ0n) is 11.2. The predicted molar refractivity (Wildman–Crippen MR) is 68.3 cm³/mol. The molecule has 2 N–H and O–H groups in total. The first-order valence-electron chi connectivity index (χ1n) is 5.68. The molecule has 0 saturated carbocycles. The molecule has 0 aromatic carbocycles. The summed E-state index contributed by atoms with van der Waals surface area (Å²) in [6, 6.07) is 0. The van der Waals surface area contributed by atoms with Gasteiger partial charge in [-0.1, -0.05) is 0 Å². The highest BCUT2D eigenvalue weighted by Crippen LogP contribution is 2.24. The van der Waals surface area contributed by atoms with E-state index in [-0.39, 0.29) is 17.2 Å². The molecule has 0 saturated heterocycles. The summed E-state index contributed by atoms with van der Waals surface area (Å²) in [6.07, 6.45) is 1.50. The SMILES string of the molecule is Cc1cnc(COCC(C)(C)N)c(C)c1[N+](=O)[O-]. The molecule has 0 unspecified atom stereocenters. The number of nitro groups is 1. The summed E-state index contributed by atoms with van der Waals surface area (Å²) in [6.45, 7) is 7.66. The summed E-state index contributed by atoms with van der Waals surface area (Å²) in [7, 11) is 0. The zero-order valence-corrected chi connectivity index (χ0v) is 11.2. The number of hydrogen-bond acceptors (Lipinski definition) is 5. The summed E-state index contributed by atoms with van der Waals surface area (Å²) < 4.78 is 5.43. The van der Waals surface area contributed by atoms with E-state index >= 15 is 0 Å². The van der Waals surface area contributed by atoms with E-state index in [2.05, 4.69) is 4.98 Å². The lowest BCUT2D eigenvalue weighted by Gasteiger charge is -2.18. The van der Waals surface area contributed by atoms with Crippen molar-refractivity contribution in [3.63, 3.8) is 0 Å². The lowest BCUT2D eigenvalue weighted by molar-refractivity contribution is -0.386. The molecule has 6 heteroatoms. The quantitative estimate of drug-likeness (QED) is 0.638. The second kappa shape index (κ2) is 5.41. The maximum absolute atomic E-state index is 10.9. The number of nitrogens with two attached hydrogens (primary N) is 1. The first-order chi connectivity index (χ1) is 8.22. The summed E-state index contributed by atoms with van der Waals surface area (Å²) in [5.74, 6) is 0. The molecule has 0 fully saturated rings. The van der Waals surface area contributed by atoms with Gasteiger partial charge in [0.25, 0.3) is 5.69 Å². The second-order valence-corrected chi connectivity index (χ2v) is 5.10. The van der Waals surface area contributed by atoms with Crippen molar-refractivity contribution in [1.29, 1.82) is 0 Å². The van der Waals surface area contributed by atoms with Gasteiger partial charge in [0.1, 0.15) is 0 Å². The molecule has 0 radical (unpaired) electrons. The van der Waals surface area contributed by atoms with Crippen LogP contribution in [0.4, 0.5) is 5.69 Å². The largest absolute Gasteiger partial charge is 0.373 e. The third-order valence-corrected chi connectivity index (χ3v) is 2.47. The van der Waals surface area contributed by atoms with E-state index < -0.39 is 5.54 Å². The monoisotopic (exact) mass is 253 g/mol. The zero-order chi connectivity index (χ0) is 13.9. The van der Waals surface area contributed by atoms with Crippen molar-refractivity contribution in [2.45, 2.75) is 39.8 Å². The van der Waals surface area contributed by atoms with Crippen LogP contribution in [0.15, 0.2) is 6.20 Å². The molecule has 1 rings (SSSR count). The Kier molecular flexibility index (Phi) is 4.37. The summed E-state index contributed by atoms with van der Waals surface area (Å²) in [4.78, 5) is 14.7. The molecular weight excluding hydrogens is 234 g/mol. The molecule has 0 bridgehead atoms. The number of hydrogen-bond donors (Lipinski definition) is 1. The number of rotatable bonds is 5. The fraction of sp³-hybridized carbons (Fsp3) is 0.583. The maximum Gasteiger partial charge on any atom is 0.278 e. The van der Waals surface area contributed by atoms with Crippen LogP contribution in [0.1, 0.15) is 30.7 Å². The van der Waals surface area contributed by atoms with Gasteiger partial charge in [0, 0.05) is 17.3 Å². The van der Waals surface area contributed by atoms with E-state index in [9.17, 15) is 10.1 Å².